The molecule has 5 nitrogen and oxygen atoms in total. The van der Waals surface area contributed by atoms with Gasteiger partial charge in [-0.15, -0.1) is 22.0 Å². The molecule has 1 saturated carbocycles. The summed E-state index contributed by atoms with van der Waals surface area (Å²) in [6.45, 7) is 0. The van der Waals surface area contributed by atoms with E-state index in [1.807, 2.05) is 6.26 Å². The van der Waals surface area contributed by atoms with Crippen LogP contribution in [0.4, 0.5) is 0 Å². The average molecular weight is 200 g/mol. The minimum Gasteiger partial charge on any atom is -0.474 e. The van der Waals surface area contributed by atoms with Crippen LogP contribution in [0.3, 0.4) is 0 Å². The normalized spacial score (nSPS) is 18.5. The van der Waals surface area contributed by atoms with Gasteiger partial charge in [-0.05, 0) is 19.1 Å². The second kappa shape index (κ2) is 2.73. The third-order valence-corrected chi connectivity index (χ3v) is 3.46. The predicted octanol–water partition coefficient (Wildman–Crippen LogP) is 1.12. The molecular formula is C7H8N2O3S. The number of aromatic carboxylic acids is 1. The van der Waals surface area contributed by atoms with Crippen LogP contribution < -0.4 is 0 Å². The van der Waals surface area contributed by atoms with Crippen molar-refractivity contribution in [1.82, 2.24) is 10.2 Å². The highest BCUT2D eigenvalue weighted by Gasteiger charge is 2.49. The zero-order valence-corrected chi connectivity index (χ0v) is 7.80. The Balaban J connectivity index is 2.28. The maximum atomic E-state index is 10.4. The molecule has 1 aliphatic rings. The highest BCUT2D eigenvalue weighted by atomic mass is 32.2. The van der Waals surface area contributed by atoms with Gasteiger partial charge >= 0.3 is 11.9 Å². The monoisotopic (exact) mass is 200 g/mol. The Labute approximate surface area is 78.5 Å². The molecule has 0 radical (unpaired) electrons. The number of carboxylic acid groups (broad SMARTS) is 1. The minimum absolute atomic E-state index is 0.0965. The summed E-state index contributed by atoms with van der Waals surface area (Å²) >= 11 is 1.63. The van der Waals surface area contributed by atoms with Crippen LogP contribution in [0.5, 0.6) is 0 Å². The molecule has 1 aliphatic carbocycles. The molecule has 1 N–H and O–H groups in total. The van der Waals surface area contributed by atoms with Crippen molar-refractivity contribution in [2.45, 2.75) is 17.6 Å². The Morgan fingerprint density at radius 3 is 2.69 bits per heavy atom. The van der Waals surface area contributed by atoms with E-state index in [2.05, 4.69) is 10.2 Å². The molecule has 0 unspecified atom stereocenters. The van der Waals surface area contributed by atoms with Crippen molar-refractivity contribution in [3.8, 4) is 0 Å². The van der Waals surface area contributed by atoms with Gasteiger partial charge < -0.3 is 9.52 Å². The van der Waals surface area contributed by atoms with Gasteiger partial charge in [0.25, 0.3) is 0 Å². The molecule has 0 amide bonds. The van der Waals surface area contributed by atoms with E-state index in [4.69, 9.17) is 9.52 Å². The van der Waals surface area contributed by atoms with E-state index in [9.17, 15) is 4.79 Å². The molecule has 13 heavy (non-hydrogen) atoms. The van der Waals surface area contributed by atoms with Crippen LogP contribution in [-0.2, 0) is 4.75 Å². The Morgan fingerprint density at radius 2 is 2.31 bits per heavy atom. The zero-order valence-electron chi connectivity index (χ0n) is 6.98. The Bertz CT molecular complexity index is 345. The number of nitrogens with zero attached hydrogens (tertiary/aromatic N) is 2. The largest absolute Gasteiger partial charge is 0.474 e. The first-order valence-electron chi connectivity index (χ1n) is 3.80. The summed E-state index contributed by atoms with van der Waals surface area (Å²) in [7, 11) is 0. The van der Waals surface area contributed by atoms with Crippen LogP contribution in [0.15, 0.2) is 4.42 Å². The molecule has 0 aliphatic heterocycles. The molecule has 1 heterocycles. The molecule has 1 aromatic heterocycles. The summed E-state index contributed by atoms with van der Waals surface area (Å²) in [6, 6.07) is 0. The molecule has 70 valence electrons. The van der Waals surface area contributed by atoms with Crippen LogP contribution in [0.2, 0.25) is 0 Å². The number of hydrogen-bond acceptors (Lipinski definition) is 5. The van der Waals surface area contributed by atoms with Gasteiger partial charge in [0.05, 0.1) is 4.75 Å². The lowest BCUT2D eigenvalue weighted by Gasteiger charge is -2.03. The van der Waals surface area contributed by atoms with Gasteiger partial charge in [-0.25, -0.2) is 4.79 Å². The van der Waals surface area contributed by atoms with Crippen molar-refractivity contribution in [2.24, 2.45) is 0 Å². The third-order valence-electron chi connectivity index (χ3n) is 2.09. The Kier molecular flexibility index (Phi) is 1.80. The zero-order chi connectivity index (χ0) is 9.47. The quantitative estimate of drug-likeness (QED) is 0.787. The van der Waals surface area contributed by atoms with Gasteiger partial charge in [0, 0.05) is 0 Å². The first-order chi connectivity index (χ1) is 6.18. The Hall–Kier alpha value is -1.04. The minimum atomic E-state index is -1.17. The van der Waals surface area contributed by atoms with E-state index >= 15 is 0 Å². The number of carboxylic acids is 1. The van der Waals surface area contributed by atoms with Gasteiger partial charge in [0.15, 0.2) is 0 Å². The van der Waals surface area contributed by atoms with Gasteiger partial charge in [-0.1, -0.05) is 0 Å². The van der Waals surface area contributed by atoms with Crippen molar-refractivity contribution in [3.05, 3.63) is 11.8 Å². The maximum absolute atomic E-state index is 10.4. The molecule has 0 saturated heterocycles. The number of aromatic nitrogens is 2. The fraction of sp³-hybridized carbons (Fsp3) is 0.571. The molecule has 1 fully saturated rings. The van der Waals surface area contributed by atoms with Crippen molar-refractivity contribution in [1.29, 1.82) is 0 Å². The molecule has 1 aromatic rings. The molecule has 0 spiro atoms. The van der Waals surface area contributed by atoms with Gasteiger partial charge in [0.2, 0.25) is 5.89 Å². The van der Waals surface area contributed by atoms with E-state index in [0.29, 0.717) is 5.89 Å². The number of hydrogen-bond donors (Lipinski definition) is 1. The predicted molar refractivity (Wildman–Crippen MR) is 45.7 cm³/mol. The lowest BCUT2D eigenvalue weighted by Crippen LogP contribution is -1.99. The fourth-order valence-corrected chi connectivity index (χ4v) is 1.88. The molecule has 0 aromatic carbocycles. The second-order valence-corrected chi connectivity index (χ2v) is 4.11. The Morgan fingerprint density at radius 1 is 1.62 bits per heavy atom. The second-order valence-electron chi connectivity index (χ2n) is 2.92. The molecule has 2 rings (SSSR count). The van der Waals surface area contributed by atoms with E-state index < -0.39 is 5.97 Å². The van der Waals surface area contributed by atoms with E-state index in [1.54, 1.807) is 11.8 Å². The van der Waals surface area contributed by atoms with Crippen LogP contribution in [0, 0.1) is 0 Å². The third kappa shape index (κ3) is 1.31. The fourth-order valence-electron chi connectivity index (χ4n) is 1.11. The lowest BCUT2D eigenvalue weighted by atomic mass is 10.4. The highest BCUT2D eigenvalue weighted by Crippen LogP contribution is 2.55. The smallest absolute Gasteiger partial charge is 0.393 e. The first kappa shape index (κ1) is 8.55. The number of carbonyl (C=O) groups is 1. The highest BCUT2D eigenvalue weighted by molar-refractivity contribution is 7.99. The summed E-state index contributed by atoms with van der Waals surface area (Å²) in [5.74, 6) is -1.05. The first-order valence-corrected chi connectivity index (χ1v) is 5.03. The standard InChI is InChI=1S/C7H8N2O3S/c1-13-7(2-3-7)6-9-8-4(12-6)5(10)11/h2-3H2,1H3,(H,10,11). The molecule has 0 atom stereocenters. The van der Waals surface area contributed by atoms with Crippen LogP contribution in [0.25, 0.3) is 0 Å². The van der Waals surface area contributed by atoms with Gasteiger partial charge in [-0.3, -0.25) is 0 Å². The van der Waals surface area contributed by atoms with Gasteiger partial charge in [0.1, 0.15) is 0 Å². The van der Waals surface area contributed by atoms with Crippen molar-refractivity contribution in [2.75, 3.05) is 6.26 Å². The molecule has 6 heteroatoms. The van der Waals surface area contributed by atoms with E-state index in [0.717, 1.165) is 12.8 Å². The van der Waals surface area contributed by atoms with E-state index in [1.165, 1.54) is 0 Å². The maximum Gasteiger partial charge on any atom is 0.393 e. The SMILES string of the molecule is CSC1(c2nnc(C(=O)O)o2)CC1. The topological polar surface area (TPSA) is 76.2 Å². The lowest BCUT2D eigenvalue weighted by molar-refractivity contribution is 0.0651. The van der Waals surface area contributed by atoms with E-state index in [-0.39, 0.29) is 10.6 Å². The summed E-state index contributed by atoms with van der Waals surface area (Å²) in [4.78, 5) is 10.4. The number of thioether (sulfide) groups is 1. The van der Waals surface area contributed by atoms with Crippen LogP contribution in [-0.4, -0.2) is 27.5 Å². The van der Waals surface area contributed by atoms with Crippen LogP contribution >= 0.6 is 11.8 Å². The summed E-state index contributed by atoms with van der Waals surface area (Å²) in [5, 5.41) is 15.7. The summed E-state index contributed by atoms with van der Waals surface area (Å²) < 4.78 is 4.92. The number of rotatable bonds is 3. The van der Waals surface area contributed by atoms with Crippen LogP contribution in [0.1, 0.15) is 29.4 Å². The van der Waals surface area contributed by atoms with Crippen molar-refractivity contribution >= 4 is 17.7 Å². The van der Waals surface area contributed by atoms with Crippen molar-refractivity contribution < 1.29 is 14.3 Å². The van der Waals surface area contributed by atoms with Crippen molar-refractivity contribution in [3.63, 3.8) is 0 Å². The summed E-state index contributed by atoms with van der Waals surface area (Å²) in [5.41, 5.74) is 0. The molecular weight excluding hydrogens is 192 g/mol. The summed E-state index contributed by atoms with van der Waals surface area (Å²) in [6.07, 6.45) is 3.92. The molecule has 0 bridgehead atoms. The van der Waals surface area contributed by atoms with Gasteiger partial charge in [-0.2, -0.15) is 0 Å². The average Bonchev–Trinajstić information content (AvgIpc) is 2.75.